The molecule has 1 fully saturated rings. The predicted molar refractivity (Wildman–Crippen MR) is 76.9 cm³/mol. The normalized spacial score (nSPS) is 20.0. The number of thioether (sulfide) groups is 1. The lowest BCUT2D eigenvalue weighted by Crippen LogP contribution is -2.46. The van der Waals surface area contributed by atoms with Gasteiger partial charge in [-0.3, -0.25) is 4.79 Å². The zero-order chi connectivity index (χ0) is 12.3. The average Bonchev–Trinajstić information content (AvgIpc) is 2.34. The van der Waals surface area contributed by atoms with Gasteiger partial charge in [0, 0.05) is 21.6 Å². The molecule has 0 saturated carbocycles. The van der Waals surface area contributed by atoms with Gasteiger partial charge in [0.25, 0.3) is 0 Å². The number of amides is 1. The van der Waals surface area contributed by atoms with Gasteiger partial charge < -0.3 is 10.6 Å². The summed E-state index contributed by atoms with van der Waals surface area (Å²) >= 11 is 3.77. The van der Waals surface area contributed by atoms with Crippen molar-refractivity contribution in [1.82, 2.24) is 5.32 Å². The van der Waals surface area contributed by atoms with E-state index in [4.69, 9.17) is 0 Å². The number of hydrogen-bond acceptors (Lipinski definition) is 3. The van der Waals surface area contributed by atoms with Crippen LogP contribution in [0, 0.1) is 9.39 Å². The van der Waals surface area contributed by atoms with Crippen LogP contribution in [0.4, 0.5) is 10.1 Å². The highest BCUT2D eigenvalue weighted by molar-refractivity contribution is 14.1. The molecule has 0 spiro atoms. The maximum Gasteiger partial charge on any atom is 0.242 e. The van der Waals surface area contributed by atoms with Crippen molar-refractivity contribution in [2.24, 2.45) is 0 Å². The lowest BCUT2D eigenvalue weighted by molar-refractivity contribution is -0.117. The number of anilines is 1. The molecule has 3 nitrogen and oxygen atoms in total. The third-order valence-electron chi connectivity index (χ3n) is 2.43. The molecule has 2 rings (SSSR count). The van der Waals surface area contributed by atoms with Gasteiger partial charge in [0.05, 0.1) is 11.7 Å². The fourth-order valence-corrected chi connectivity index (χ4v) is 3.09. The molecule has 17 heavy (non-hydrogen) atoms. The Morgan fingerprint density at radius 3 is 3.06 bits per heavy atom. The van der Waals surface area contributed by atoms with Gasteiger partial charge in [-0.05, 0) is 40.8 Å². The van der Waals surface area contributed by atoms with Crippen molar-refractivity contribution in [3.05, 3.63) is 27.6 Å². The molecule has 6 heteroatoms. The van der Waals surface area contributed by atoms with Crippen LogP contribution in [-0.2, 0) is 4.79 Å². The largest absolute Gasteiger partial charge is 0.324 e. The maximum absolute atomic E-state index is 12.9. The average molecular weight is 366 g/mol. The second-order valence-electron chi connectivity index (χ2n) is 3.70. The Morgan fingerprint density at radius 2 is 2.41 bits per heavy atom. The molecule has 0 bridgehead atoms. The first-order valence-electron chi connectivity index (χ1n) is 5.24. The Bertz CT molecular complexity index is 424. The fourth-order valence-electron chi connectivity index (χ4n) is 1.54. The van der Waals surface area contributed by atoms with Gasteiger partial charge >= 0.3 is 0 Å². The van der Waals surface area contributed by atoms with E-state index in [2.05, 4.69) is 10.6 Å². The molecule has 1 saturated heterocycles. The minimum atomic E-state index is -0.293. The summed E-state index contributed by atoms with van der Waals surface area (Å²) < 4.78 is 13.6. The Kier molecular flexibility index (Phi) is 4.63. The summed E-state index contributed by atoms with van der Waals surface area (Å²) in [6.07, 6.45) is 0. The van der Waals surface area contributed by atoms with E-state index in [0.29, 0.717) is 9.26 Å². The Morgan fingerprint density at radius 1 is 1.59 bits per heavy atom. The number of nitrogens with one attached hydrogen (secondary N) is 2. The molecule has 1 heterocycles. The summed E-state index contributed by atoms with van der Waals surface area (Å²) in [4.78, 5) is 11.9. The van der Waals surface area contributed by atoms with Crippen molar-refractivity contribution in [2.45, 2.75) is 6.04 Å². The van der Waals surface area contributed by atoms with Gasteiger partial charge in [-0.2, -0.15) is 11.8 Å². The molecular formula is C11H12FIN2OS. The molecule has 0 aromatic heterocycles. The van der Waals surface area contributed by atoms with Crippen LogP contribution in [0.2, 0.25) is 0 Å². The van der Waals surface area contributed by atoms with Crippen LogP contribution in [-0.4, -0.2) is 30.0 Å². The number of benzene rings is 1. The van der Waals surface area contributed by atoms with Crippen molar-refractivity contribution < 1.29 is 9.18 Å². The van der Waals surface area contributed by atoms with Crippen LogP contribution in [0.25, 0.3) is 0 Å². The van der Waals surface area contributed by atoms with Crippen LogP contribution in [0.1, 0.15) is 0 Å². The quantitative estimate of drug-likeness (QED) is 0.788. The van der Waals surface area contributed by atoms with Gasteiger partial charge in [-0.15, -0.1) is 0 Å². The van der Waals surface area contributed by atoms with Crippen molar-refractivity contribution in [1.29, 1.82) is 0 Å². The summed E-state index contributed by atoms with van der Waals surface area (Å²) in [5.74, 6) is 1.47. The van der Waals surface area contributed by atoms with E-state index in [0.717, 1.165) is 18.1 Å². The topological polar surface area (TPSA) is 41.1 Å². The molecule has 1 atom stereocenters. The van der Waals surface area contributed by atoms with Gasteiger partial charge in [-0.25, -0.2) is 4.39 Å². The highest BCUT2D eigenvalue weighted by Crippen LogP contribution is 2.19. The highest BCUT2D eigenvalue weighted by Gasteiger charge is 2.21. The first-order chi connectivity index (χ1) is 8.16. The number of carbonyl (C=O) groups is 1. The van der Waals surface area contributed by atoms with Gasteiger partial charge in [0.15, 0.2) is 0 Å². The van der Waals surface area contributed by atoms with Crippen LogP contribution >= 0.6 is 34.4 Å². The minimum Gasteiger partial charge on any atom is -0.324 e. The van der Waals surface area contributed by atoms with Crippen molar-refractivity contribution >= 4 is 45.9 Å². The van der Waals surface area contributed by atoms with Crippen molar-refractivity contribution in [2.75, 3.05) is 23.4 Å². The molecule has 0 radical (unpaired) electrons. The third-order valence-corrected chi connectivity index (χ3v) is 4.38. The Labute approximate surface area is 117 Å². The molecule has 1 aliphatic rings. The molecule has 0 aliphatic carbocycles. The lowest BCUT2D eigenvalue weighted by Gasteiger charge is -2.22. The zero-order valence-corrected chi connectivity index (χ0v) is 12.0. The summed E-state index contributed by atoms with van der Waals surface area (Å²) in [6, 6.07) is 4.18. The van der Waals surface area contributed by atoms with E-state index in [9.17, 15) is 9.18 Å². The summed E-state index contributed by atoms with van der Waals surface area (Å²) in [6.45, 7) is 0.850. The van der Waals surface area contributed by atoms with Crippen LogP contribution in [0.3, 0.4) is 0 Å². The highest BCUT2D eigenvalue weighted by atomic mass is 127. The Hall–Kier alpha value is -0.340. The predicted octanol–water partition coefficient (Wildman–Crippen LogP) is 2.07. The molecule has 1 amide bonds. The van der Waals surface area contributed by atoms with E-state index >= 15 is 0 Å². The minimum absolute atomic E-state index is 0.0540. The standard InChI is InChI=1S/C11H12FIN2OS/c12-7-1-2-9(8(13)5-7)15-11(16)10-6-17-4-3-14-10/h1-2,5,10,14H,3-4,6H2,(H,15,16). The van der Waals surface area contributed by atoms with E-state index in [1.54, 1.807) is 17.8 Å². The second-order valence-corrected chi connectivity index (χ2v) is 6.01. The number of halogens is 2. The monoisotopic (exact) mass is 366 g/mol. The molecule has 1 aromatic rings. The van der Waals surface area contributed by atoms with E-state index in [1.165, 1.54) is 12.1 Å². The summed E-state index contributed by atoms with van der Waals surface area (Å²) in [5, 5.41) is 5.98. The molecular weight excluding hydrogens is 354 g/mol. The van der Waals surface area contributed by atoms with Crippen molar-refractivity contribution in [3.63, 3.8) is 0 Å². The first kappa shape index (κ1) is 13.1. The fraction of sp³-hybridized carbons (Fsp3) is 0.364. The summed E-state index contributed by atoms with van der Waals surface area (Å²) in [7, 11) is 0. The second kappa shape index (κ2) is 6.01. The van der Waals surface area contributed by atoms with Gasteiger partial charge in [0.1, 0.15) is 5.82 Å². The van der Waals surface area contributed by atoms with Gasteiger partial charge in [0.2, 0.25) is 5.91 Å². The first-order valence-corrected chi connectivity index (χ1v) is 7.47. The van der Waals surface area contributed by atoms with Crippen LogP contribution in [0.5, 0.6) is 0 Å². The third kappa shape index (κ3) is 3.56. The maximum atomic E-state index is 12.9. The Balaban J connectivity index is 2.02. The molecule has 1 unspecified atom stereocenters. The van der Waals surface area contributed by atoms with Crippen molar-refractivity contribution in [3.8, 4) is 0 Å². The van der Waals surface area contributed by atoms with Gasteiger partial charge in [-0.1, -0.05) is 0 Å². The number of hydrogen-bond donors (Lipinski definition) is 2. The molecule has 2 N–H and O–H groups in total. The SMILES string of the molecule is O=C(Nc1ccc(F)cc1I)C1CSCCN1. The smallest absolute Gasteiger partial charge is 0.242 e. The lowest BCUT2D eigenvalue weighted by atomic mass is 10.2. The van der Waals surface area contributed by atoms with Crippen LogP contribution in [0.15, 0.2) is 18.2 Å². The van der Waals surface area contributed by atoms with E-state index in [-0.39, 0.29) is 17.8 Å². The van der Waals surface area contributed by atoms with E-state index in [1.807, 2.05) is 22.6 Å². The zero-order valence-electron chi connectivity index (χ0n) is 9.00. The molecule has 1 aromatic carbocycles. The van der Waals surface area contributed by atoms with Crippen LogP contribution < -0.4 is 10.6 Å². The number of rotatable bonds is 2. The number of carbonyl (C=O) groups excluding carboxylic acids is 1. The summed E-state index contributed by atoms with van der Waals surface area (Å²) in [5.41, 5.74) is 0.661. The molecule has 92 valence electrons. The molecule has 1 aliphatic heterocycles. The van der Waals surface area contributed by atoms with E-state index < -0.39 is 0 Å².